The first kappa shape index (κ1) is 15.7. The van der Waals surface area contributed by atoms with E-state index in [1.165, 1.54) is 0 Å². The predicted octanol–water partition coefficient (Wildman–Crippen LogP) is 2.66. The van der Waals surface area contributed by atoms with Gasteiger partial charge < -0.3 is 15.2 Å². The number of imidazole rings is 1. The number of hydrogen-bond donors (Lipinski definition) is 1. The molecule has 1 aromatic carbocycles. The summed E-state index contributed by atoms with van der Waals surface area (Å²) < 4.78 is 2.18. The molecular formula is C17H26N4. The minimum Gasteiger partial charge on any atom is -0.333 e. The van der Waals surface area contributed by atoms with Crippen LogP contribution in [-0.2, 0) is 6.54 Å². The summed E-state index contributed by atoms with van der Waals surface area (Å²) in [7, 11) is 0. The van der Waals surface area contributed by atoms with Crippen molar-refractivity contribution in [1.82, 2.24) is 14.5 Å². The van der Waals surface area contributed by atoms with Gasteiger partial charge in [-0.15, -0.1) is 0 Å². The number of nitrogens with two attached hydrogens (primary N) is 1. The Morgan fingerprint density at radius 1 is 1.19 bits per heavy atom. The van der Waals surface area contributed by atoms with Gasteiger partial charge in [-0.3, -0.25) is 0 Å². The summed E-state index contributed by atoms with van der Waals surface area (Å²) in [6, 6.07) is 10.1. The van der Waals surface area contributed by atoms with Gasteiger partial charge in [0, 0.05) is 6.54 Å². The van der Waals surface area contributed by atoms with Crippen LogP contribution >= 0.6 is 0 Å². The van der Waals surface area contributed by atoms with Crippen LogP contribution in [0.2, 0.25) is 0 Å². The van der Waals surface area contributed by atoms with Crippen LogP contribution in [0.15, 0.2) is 42.9 Å². The van der Waals surface area contributed by atoms with Gasteiger partial charge in [0.25, 0.3) is 0 Å². The number of aromatic nitrogens is 2. The second-order valence-corrected chi connectivity index (χ2v) is 5.28. The Kier molecular flexibility index (Phi) is 5.96. The maximum Gasteiger partial charge on any atom is 0.0948 e. The molecule has 4 heteroatoms. The molecule has 0 saturated heterocycles. The minimum absolute atomic E-state index is 0.109. The van der Waals surface area contributed by atoms with E-state index in [1.54, 1.807) is 0 Å². The highest BCUT2D eigenvalue weighted by Crippen LogP contribution is 2.19. The maximum absolute atomic E-state index is 6.37. The normalized spacial score (nSPS) is 12.8. The lowest BCUT2D eigenvalue weighted by molar-refractivity contribution is 0.292. The summed E-state index contributed by atoms with van der Waals surface area (Å²) in [4.78, 5) is 6.71. The molecule has 0 amide bonds. The Morgan fingerprint density at radius 2 is 1.90 bits per heavy atom. The summed E-state index contributed by atoms with van der Waals surface area (Å²) in [5, 5.41) is 0. The van der Waals surface area contributed by atoms with Gasteiger partial charge in [0.15, 0.2) is 0 Å². The monoisotopic (exact) mass is 286 g/mol. The highest BCUT2D eigenvalue weighted by Gasteiger charge is 2.13. The van der Waals surface area contributed by atoms with E-state index in [2.05, 4.69) is 40.4 Å². The zero-order valence-corrected chi connectivity index (χ0v) is 13.1. The van der Waals surface area contributed by atoms with E-state index >= 15 is 0 Å². The van der Waals surface area contributed by atoms with E-state index < -0.39 is 0 Å². The van der Waals surface area contributed by atoms with Crippen molar-refractivity contribution in [2.24, 2.45) is 5.73 Å². The van der Waals surface area contributed by atoms with Gasteiger partial charge in [-0.2, -0.15) is 0 Å². The Morgan fingerprint density at radius 3 is 2.57 bits per heavy atom. The molecule has 0 bridgehead atoms. The molecule has 0 aliphatic heterocycles. The first-order valence-electron chi connectivity index (χ1n) is 7.79. The smallest absolute Gasteiger partial charge is 0.0948 e. The number of nitrogens with zero attached hydrogens (tertiary/aromatic N) is 3. The Hall–Kier alpha value is -1.65. The highest BCUT2D eigenvalue weighted by molar-refractivity contribution is 5.26. The summed E-state index contributed by atoms with van der Waals surface area (Å²) in [6.45, 7) is 8.71. The van der Waals surface area contributed by atoms with Gasteiger partial charge >= 0.3 is 0 Å². The fraction of sp³-hybridized carbons (Fsp3) is 0.471. The molecule has 1 unspecified atom stereocenters. The summed E-state index contributed by atoms with van der Waals surface area (Å²) in [6.07, 6.45) is 4.89. The maximum atomic E-state index is 6.37. The highest BCUT2D eigenvalue weighted by atomic mass is 15.1. The molecule has 2 aromatic rings. The summed E-state index contributed by atoms with van der Waals surface area (Å²) in [5.41, 5.74) is 8.59. The lowest BCUT2D eigenvalue weighted by Crippen LogP contribution is -2.25. The molecule has 0 saturated carbocycles. The molecule has 0 fully saturated rings. The van der Waals surface area contributed by atoms with Gasteiger partial charge in [0.1, 0.15) is 0 Å². The van der Waals surface area contributed by atoms with Crippen molar-refractivity contribution >= 4 is 0 Å². The van der Waals surface area contributed by atoms with Crippen molar-refractivity contribution in [2.45, 2.75) is 32.9 Å². The first-order chi connectivity index (χ1) is 10.3. The third-order valence-corrected chi connectivity index (χ3v) is 3.99. The molecule has 0 aliphatic rings. The van der Waals surface area contributed by atoms with Crippen molar-refractivity contribution < 1.29 is 0 Å². The van der Waals surface area contributed by atoms with Crippen molar-refractivity contribution in [1.29, 1.82) is 0 Å². The largest absolute Gasteiger partial charge is 0.333 e. The molecule has 0 radical (unpaired) electrons. The molecule has 114 valence electrons. The van der Waals surface area contributed by atoms with Crippen molar-refractivity contribution in [2.75, 3.05) is 19.6 Å². The second-order valence-electron chi connectivity index (χ2n) is 5.28. The van der Waals surface area contributed by atoms with E-state index in [1.807, 2.05) is 30.7 Å². The molecule has 2 rings (SSSR count). The zero-order valence-electron chi connectivity index (χ0n) is 13.1. The van der Waals surface area contributed by atoms with Gasteiger partial charge in [-0.1, -0.05) is 44.2 Å². The Balaban J connectivity index is 1.98. The fourth-order valence-electron chi connectivity index (χ4n) is 2.61. The molecule has 0 aliphatic carbocycles. The van der Waals surface area contributed by atoms with Crippen molar-refractivity contribution in [3.8, 4) is 0 Å². The first-order valence-corrected chi connectivity index (χ1v) is 7.79. The van der Waals surface area contributed by atoms with Gasteiger partial charge in [-0.25, -0.2) is 4.98 Å². The Labute approximate surface area is 127 Å². The number of benzene rings is 1. The molecule has 1 aromatic heterocycles. The summed E-state index contributed by atoms with van der Waals surface area (Å²) >= 11 is 0. The third-order valence-electron chi connectivity index (χ3n) is 3.99. The van der Waals surface area contributed by atoms with Gasteiger partial charge in [-0.05, 0) is 31.6 Å². The number of rotatable bonds is 8. The third kappa shape index (κ3) is 4.16. The lowest BCUT2D eigenvalue weighted by atomic mass is 10.1. The van der Waals surface area contributed by atoms with Crippen LogP contribution in [0.25, 0.3) is 0 Å². The van der Waals surface area contributed by atoms with Crippen molar-refractivity contribution in [3.63, 3.8) is 0 Å². The van der Waals surface area contributed by atoms with E-state index in [9.17, 15) is 0 Å². The van der Waals surface area contributed by atoms with E-state index in [0.29, 0.717) is 0 Å². The van der Waals surface area contributed by atoms with Crippen molar-refractivity contribution in [3.05, 3.63) is 54.1 Å². The molecule has 2 N–H and O–H groups in total. The van der Waals surface area contributed by atoms with Crippen LogP contribution in [-0.4, -0.2) is 34.1 Å². The minimum atomic E-state index is -0.109. The summed E-state index contributed by atoms with van der Waals surface area (Å²) in [5.74, 6) is 0. The number of hydrogen-bond acceptors (Lipinski definition) is 3. The van der Waals surface area contributed by atoms with Crippen LogP contribution in [0.3, 0.4) is 0 Å². The van der Waals surface area contributed by atoms with E-state index in [-0.39, 0.29) is 6.04 Å². The molecule has 1 atom stereocenters. The SMILES string of the molecule is CCN(CC)CCCn1cncc1C(N)c1ccccc1. The second kappa shape index (κ2) is 7.96. The molecule has 1 heterocycles. The fourth-order valence-corrected chi connectivity index (χ4v) is 2.61. The van der Waals surface area contributed by atoms with E-state index in [4.69, 9.17) is 5.73 Å². The molecular weight excluding hydrogens is 260 g/mol. The van der Waals surface area contributed by atoms with E-state index in [0.717, 1.165) is 43.9 Å². The van der Waals surface area contributed by atoms with Crippen LogP contribution in [0.4, 0.5) is 0 Å². The van der Waals surface area contributed by atoms with Crippen LogP contribution in [0.1, 0.15) is 37.6 Å². The van der Waals surface area contributed by atoms with Crippen LogP contribution < -0.4 is 5.73 Å². The topological polar surface area (TPSA) is 47.1 Å². The molecule has 4 nitrogen and oxygen atoms in total. The number of aryl methyl sites for hydroxylation is 1. The Bertz CT molecular complexity index is 517. The molecule has 0 spiro atoms. The standard InChI is InChI=1S/C17H26N4/c1-3-20(4-2)11-8-12-21-14-19-13-16(21)17(18)15-9-6-5-7-10-15/h5-7,9-10,13-14,17H,3-4,8,11-12,18H2,1-2H3. The van der Waals surface area contributed by atoms with Crippen LogP contribution in [0.5, 0.6) is 0 Å². The zero-order chi connectivity index (χ0) is 15.1. The quantitative estimate of drug-likeness (QED) is 0.811. The average Bonchev–Trinajstić information content (AvgIpc) is 3.00. The predicted molar refractivity (Wildman–Crippen MR) is 87.1 cm³/mol. The van der Waals surface area contributed by atoms with Gasteiger partial charge in [0.05, 0.1) is 24.3 Å². The molecule has 21 heavy (non-hydrogen) atoms. The lowest BCUT2D eigenvalue weighted by Gasteiger charge is -2.19. The van der Waals surface area contributed by atoms with Gasteiger partial charge in [0.2, 0.25) is 0 Å². The average molecular weight is 286 g/mol. The van der Waals surface area contributed by atoms with Crippen LogP contribution in [0, 0.1) is 0 Å².